The summed E-state index contributed by atoms with van der Waals surface area (Å²) < 4.78 is 30.7. The zero-order valence-corrected chi connectivity index (χ0v) is 32.8. The van der Waals surface area contributed by atoms with Crippen LogP contribution in [0.2, 0.25) is 0 Å². The van der Waals surface area contributed by atoms with Crippen LogP contribution in [0.3, 0.4) is 0 Å². The summed E-state index contributed by atoms with van der Waals surface area (Å²) in [5, 5.41) is 5.60. The van der Waals surface area contributed by atoms with Gasteiger partial charge in [-0.15, -0.1) is 0 Å². The van der Waals surface area contributed by atoms with Crippen molar-refractivity contribution in [2.75, 3.05) is 16.4 Å². The molecule has 0 aliphatic carbocycles. The SMILES string of the molecule is C=C/C=C(\CC=C(C)N(c1ccc2oc3ccccc3c2c1)P(c1ccccc1)N(C)c1ccc2oc3ccccc3c2c1)B1OC(C)(C)C(C)(CC)O1. The van der Waals surface area contributed by atoms with E-state index >= 15 is 0 Å². The Morgan fingerprint density at radius 2 is 1.28 bits per heavy atom. The molecule has 0 amide bonds. The van der Waals surface area contributed by atoms with Gasteiger partial charge in [-0.05, 0) is 94.5 Å². The average molecular weight is 733 g/mol. The van der Waals surface area contributed by atoms with Crippen molar-refractivity contribution in [2.24, 2.45) is 0 Å². The fraction of sp³-hybridized carbons (Fsp3) is 0.217. The number of allylic oxidation sites excluding steroid dienone is 5. The highest BCUT2D eigenvalue weighted by Gasteiger charge is 2.53. The van der Waals surface area contributed by atoms with Crippen LogP contribution in [0.15, 0.2) is 160 Å². The maximum Gasteiger partial charge on any atom is 0.490 e. The van der Waals surface area contributed by atoms with Gasteiger partial charge in [-0.2, -0.15) is 0 Å². The topological polar surface area (TPSA) is 51.2 Å². The molecule has 5 aromatic carbocycles. The molecule has 1 aliphatic rings. The Morgan fingerprint density at radius 3 is 1.87 bits per heavy atom. The zero-order valence-electron chi connectivity index (χ0n) is 31.9. The van der Waals surface area contributed by atoms with Crippen molar-refractivity contribution >= 4 is 75.9 Å². The molecular weight excluding hydrogens is 686 g/mol. The summed E-state index contributed by atoms with van der Waals surface area (Å²) in [6.45, 7) is 14.8. The van der Waals surface area contributed by atoms with Crippen LogP contribution >= 0.6 is 8.22 Å². The van der Waals surface area contributed by atoms with Crippen molar-refractivity contribution < 1.29 is 18.1 Å². The lowest BCUT2D eigenvalue weighted by Crippen LogP contribution is -2.44. The second kappa shape index (κ2) is 14.3. The van der Waals surface area contributed by atoms with Crippen molar-refractivity contribution in [3.8, 4) is 0 Å². The largest absolute Gasteiger partial charge is 0.490 e. The first-order valence-corrected chi connectivity index (χ1v) is 19.9. The lowest BCUT2D eigenvalue weighted by Gasteiger charge is -2.40. The van der Waals surface area contributed by atoms with E-state index in [4.69, 9.17) is 18.1 Å². The van der Waals surface area contributed by atoms with Crippen LogP contribution in [-0.2, 0) is 9.31 Å². The van der Waals surface area contributed by atoms with Crippen LogP contribution in [0.1, 0.15) is 47.5 Å². The smallest absolute Gasteiger partial charge is 0.456 e. The lowest BCUT2D eigenvalue weighted by atomic mass is 9.75. The number of furan rings is 2. The van der Waals surface area contributed by atoms with Crippen LogP contribution in [0, 0.1) is 0 Å². The minimum Gasteiger partial charge on any atom is -0.456 e. The minimum absolute atomic E-state index is 0.405. The standard InChI is InChI=1S/C46H46BN2O4P/c1-8-17-33(47-52-45(4,5)46(6,9-2)53-47)25-24-32(3)49(35-27-29-44-40(31-35)38-21-14-16-23-42(38)51-44)54(36-18-11-10-12-19-36)48(7)34-26-28-43-39(30-34)37-20-13-15-22-41(37)50-43/h8,10-24,26-31H,1,9,25H2,2-7H3/b32-24?,33-17+. The third kappa shape index (κ3) is 6.34. The van der Waals surface area contributed by atoms with Crippen LogP contribution in [0.25, 0.3) is 43.9 Å². The second-order valence-corrected chi connectivity index (χ2v) is 16.8. The predicted molar refractivity (Wildman–Crippen MR) is 229 cm³/mol. The summed E-state index contributed by atoms with van der Waals surface area (Å²) >= 11 is 0. The predicted octanol–water partition coefficient (Wildman–Crippen LogP) is 12.5. The van der Waals surface area contributed by atoms with Gasteiger partial charge in [0.25, 0.3) is 0 Å². The first-order valence-electron chi connectivity index (χ1n) is 18.7. The highest BCUT2D eigenvalue weighted by molar-refractivity contribution is 7.68. The van der Waals surface area contributed by atoms with E-state index in [2.05, 4.69) is 155 Å². The van der Waals surface area contributed by atoms with Gasteiger partial charge in [-0.1, -0.05) is 98.5 Å². The van der Waals surface area contributed by atoms with Gasteiger partial charge < -0.3 is 27.5 Å². The molecular formula is C46H46BN2O4P. The van der Waals surface area contributed by atoms with Gasteiger partial charge in [0.2, 0.25) is 0 Å². The number of para-hydroxylation sites is 2. The number of fused-ring (bicyclic) bond motifs is 6. The Balaban J connectivity index is 1.27. The fourth-order valence-corrected chi connectivity index (χ4v) is 9.87. The van der Waals surface area contributed by atoms with Gasteiger partial charge in [0.05, 0.1) is 11.2 Å². The first-order chi connectivity index (χ1) is 26.1. The quantitative estimate of drug-likeness (QED) is 0.0750. The maximum atomic E-state index is 6.65. The Bertz CT molecular complexity index is 2550. The van der Waals surface area contributed by atoms with Crippen molar-refractivity contribution in [2.45, 2.75) is 58.7 Å². The molecule has 1 fully saturated rings. The molecule has 8 heteroatoms. The highest BCUT2D eigenvalue weighted by atomic mass is 31.1. The van der Waals surface area contributed by atoms with E-state index in [0.29, 0.717) is 6.42 Å². The number of hydrogen-bond donors (Lipinski definition) is 0. The number of rotatable bonds is 11. The van der Waals surface area contributed by atoms with Crippen LogP contribution < -0.4 is 14.6 Å². The van der Waals surface area contributed by atoms with Crippen molar-refractivity contribution in [1.29, 1.82) is 0 Å². The van der Waals surface area contributed by atoms with E-state index in [-0.39, 0.29) is 0 Å². The summed E-state index contributed by atoms with van der Waals surface area (Å²) in [6.07, 6.45) is 7.64. The summed E-state index contributed by atoms with van der Waals surface area (Å²) in [6, 6.07) is 40.4. The third-order valence-corrected chi connectivity index (χ3v) is 13.6. The molecule has 0 spiro atoms. The molecule has 0 saturated carbocycles. The molecule has 0 bridgehead atoms. The first kappa shape index (κ1) is 35.9. The lowest BCUT2D eigenvalue weighted by molar-refractivity contribution is -0.0118. The number of anilines is 2. The number of nitrogens with zero attached hydrogens (tertiary/aromatic N) is 2. The summed E-state index contributed by atoms with van der Waals surface area (Å²) in [5.41, 5.74) is 6.96. The molecule has 0 radical (unpaired) electrons. The Hall–Kier alpha value is -5.07. The molecule has 3 heterocycles. The number of hydrogen-bond acceptors (Lipinski definition) is 6. The Kier molecular flexibility index (Phi) is 9.52. The molecule has 8 rings (SSSR count). The van der Waals surface area contributed by atoms with E-state index in [1.807, 2.05) is 36.4 Å². The zero-order chi connectivity index (χ0) is 37.6. The monoisotopic (exact) mass is 732 g/mol. The summed E-state index contributed by atoms with van der Waals surface area (Å²) in [5.74, 6) is 0. The Morgan fingerprint density at radius 1 is 0.722 bits per heavy atom. The summed E-state index contributed by atoms with van der Waals surface area (Å²) in [7, 11) is 0.543. The number of benzene rings is 5. The van der Waals surface area contributed by atoms with Crippen LogP contribution in [0.5, 0.6) is 0 Å². The minimum atomic E-state index is -1.19. The van der Waals surface area contributed by atoms with Crippen LogP contribution in [-0.4, -0.2) is 25.4 Å². The van der Waals surface area contributed by atoms with Crippen molar-refractivity contribution in [1.82, 2.24) is 0 Å². The summed E-state index contributed by atoms with van der Waals surface area (Å²) in [4.78, 5) is 0. The molecule has 54 heavy (non-hydrogen) atoms. The molecule has 2 aromatic heterocycles. The molecule has 1 saturated heterocycles. The van der Waals surface area contributed by atoms with E-state index < -0.39 is 26.5 Å². The molecule has 2 atom stereocenters. The fourth-order valence-electron chi connectivity index (χ4n) is 7.52. The molecule has 2 unspecified atom stereocenters. The van der Waals surface area contributed by atoms with Crippen molar-refractivity contribution in [3.63, 3.8) is 0 Å². The van der Waals surface area contributed by atoms with Gasteiger partial charge in [0.15, 0.2) is 0 Å². The van der Waals surface area contributed by atoms with Gasteiger partial charge in [0.1, 0.15) is 30.6 Å². The molecule has 6 nitrogen and oxygen atoms in total. The van der Waals surface area contributed by atoms with Gasteiger partial charge in [-0.25, -0.2) is 0 Å². The Labute approximate surface area is 319 Å². The van der Waals surface area contributed by atoms with E-state index in [0.717, 1.165) is 72.8 Å². The second-order valence-electron chi connectivity index (χ2n) is 14.7. The van der Waals surface area contributed by atoms with E-state index in [9.17, 15) is 0 Å². The van der Waals surface area contributed by atoms with Gasteiger partial charge in [-0.3, -0.25) is 0 Å². The van der Waals surface area contributed by atoms with Gasteiger partial charge in [0, 0.05) is 51.0 Å². The van der Waals surface area contributed by atoms with Crippen molar-refractivity contribution in [3.05, 3.63) is 151 Å². The van der Waals surface area contributed by atoms with Crippen LogP contribution in [0.4, 0.5) is 11.4 Å². The molecule has 7 aromatic rings. The molecule has 1 aliphatic heterocycles. The average Bonchev–Trinajstić information content (AvgIpc) is 3.83. The maximum absolute atomic E-state index is 6.65. The normalized spacial score (nSPS) is 18.2. The van der Waals surface area contributed by atoms with E-state index in [1.54, 1.807) is 0 Å². The third-order valence-electron chi connectivity index (χ3n) is 11.1. The molecule has 0 N–H and O–H groups in total. The van der Waals surface area contributed by atoms with E-state index in [1.165, 1.54) is 5.30 Å². The van der Waals surface area contributed by atoms with Gasteiger partial charge >= 0.3 is 7.12 Å². The molecule has 272 valence electrons. The highest BCUT2D eigenvalue weighted by Crippen LogP contribution is 2.52.